The first-order valence-corrected chi connectivity index (χ1v) is 9.29. The number of amides is 1. The second-order valence-corrected chi connectivity index (χ2v) is 6.79. The summed E-state index contributed by atoms with van der Waals surface area (Å²) in [6, 6.07) is 3.54. The lowest BCUT2D eigenvalue weighted by atomic mass is 10.1. The summed E-state index contributed by atoms with van der Waals surface area (Å²) in [5.74, 6) is -2.51. The Bertz CT molecular complexity index is 1040. The van der Waals surface area contributed by atoms with Gasteiger partial charge in [-0.25, -0.2) is 18.6 Å². The van der Waals surface area contributed by atoms with Crippen LogP contribution in [0.5, 0.6) is 0 Å². The Morgan fingerprint density at radius 3 is 2.57 bits per heavy atom. The van der Waals surface area contributed by atoms with Crippen LogP contribution in [-0.4, -0.2) is 28.5 Å². The van der Waals surface area contributed by atoms with Crippen molar-refractivity contribution in [2.75, 3.05) is 11.9 Å². The van der Waals surface area contributed by atoms with Crippen molar-refractivity contribution in [1.29, 1.82) is 0 Å². The number of hydrogen-bond acceptors (Lipinski definition) is 5. The van der Waals surface area contributed by atoms with E-state index in [1.165, 1.54) is 11.4 Å². The van der Waals surface area contributed by atoms with E-state index < -0.39 is 23.5 Å². The smallest absolute Gasteiger partial charge is 0.340 e. The SMILES string of the molecule is CCOC(=O)c1c(C)[nH]c(C(=O)Nc2nc(-c3c(F)cccc3F)cs2)c1C. The number of carbonyl (C=O) groups excluding carboxylic acids is 2. The molecule has 0 aliphatic rings. The topological polar surface area (TPSA) is 84.1 Å². The largest absolute Gasteiger partial charge is 0.462 e. The third-order valence-corrected chi connectivity index (χ3v) is 4.85. The molecule has 9 heteroatoms. The highest BCUT2D eigenvalue weighted by Gasteiger charge is 2.23. The van der Waals surface area contributed by atoms with Crippen LogP contribution in [-0.2, 0) is 4.74 Å². The highest BCUT2D eigenvalue weighted by Crippen LogP contribution is 2.29. The van der Waals surface area contributed by atoms with Crippen LogP contribution in [0.25, 0.3) is 11.3 Å². The predicted molar refractivity (Wildman–Crippen MR) is 102 cm³/mol. The van der Waals surface area contributed by atoms with Crippen molar-refractivity contribution in [3.63, 3.8) is 0 Å². The lowest BCUT2D eigenvalue weighted by molar-refractivity contribution is 0.0525. The highest BCUT2D eigenvalue weighted by atomic mass is 32.1. The van der Waals surface area contributed by atoms with Crippen molar-refractivity contribution in [3.8, 4) is 11.3 Å². The van der Waals surface area contributed by atoms with E-state index in [1.54, 1.807) is 20.8 Å². The average molecular weight is 405 g/mol. The maximum Gasteiger partial charge on any atom is 0.340 e. The molecule has 0 saturated heterocycles. The summed E-state index contributed by atoms with van der Waals surface area (Å²) in [5.41, 5.74) is 1.28. The number of ether oxygens (including phenoxy) is 1. The van der Waals surface area contributed by atoms with Gasteiger partial charge in [-0.1, -0.05) is 6.07 Å². The van der Waals surface area contributed by atoms with Crippen molar-refractivity contribution < 1.29 is 23.1 Å². The normalized spacial score (nSPS) is 10.8. The Balaban J connectivity index is 1.84. The Labute approximate surface area is 163 Å². The molecule has 146 valence electrons. The van der Waals surface area contributed by atoms with Crippen molar-refractivity contribution in [1.82, 2.24) is 9.97 Å². The molecule has 2 aromatic heterocycles. The molecule has 6 nitrogen and oxygen atoms in total. The second-order valence-electron chi connectivity index (χ2n) is 5.93. The summed E-state index contributed by atoms with van der Waals surface area (Å²) in [6.45, 7) is 5.21. The lowest BCUT2D eigenvalue weighted by Gasteiger charge is -2.03. The average Bonchev–Trinajstić information content (AvgIpc) is 3.19. The molecular formula is C19H17F2N3O3S. The maximum atomic E-state index is 13.9. The minimum Gasteiger partial charge on any atom is -0.462 e. The molecule has 0 aliphatic heterocycles. The van der Waals surface area contributed by atoms with Gasteiger partial charge in [-0.2, -0.15) is 0 Å². The molecule has 0 bridgehead atoms. The number of aromatic amines is 1. The number of halogens is 2. The van der Waals surface area contributed by atoms with Crippen LogP contribution in [0, 0.1) is 25.5 Å². The quantitative estimate of drug-likeness (QED) is 0.614. The van der Waals surface area contributed by atoms with Crippen LogP contribution in [0.2, 0.25) is 0 Å². The van der Waals surface area contributed by atoms with Crippen LogP contribution >= 0.6 is 11.3 Å². The number of benzene rings is 1. The van der Waals surface area contributed by atoms with Crippen LogP contribution in [0.15, 0.2) is 23.6 Å². The van der Waals surface area contributed by atoms with Gasteiger partial charge in [0.2, 0.25) is 0 Å². The van der Waals surface area contributed by atoms with Crippen molar-refractivity contribution in [3.05, 3.63) is 57.7 Å². The van der Waals surface area contributed by atoms with E-state index in [4.69, 9.17) is 4.74 Å². The van der Waals surface area contributed by atoms with Gasteiger partial charge in [-0.05, 0) is 38.5 Å². The summed E-state index contributed by atoms with van der Waals surface area (Å²) in [4.78, 5) is 31.6. The summed E-state index contributed by atoms with van der Waals surface area (Å²) in [6.07, 6.45) is 0. The summed E-state index contributed by atoms with van der Waals surface area (Å²) >= 11 is 1.03. The zero-order valence-corrected chi connectivity index (χ0v) is 16.2. The second kappa shape index (κ2) is 7.89. The standard InChI is InChI=1S/C19H17F2N3O3S/c1-4-27-18(26)14-9(2)16(22-10(14)3)17(25)24-19-23-13(8-28-19)15-11(20)6-5-7-12(15)21/h5-8,22H,4H2,1-3H3,(H,23,24,25). The van der Waals surface area contributed by atoms with Crippen LogP contribution in [0.3, 0.4) is 0 Å². The van der Waals surface area contributed by atoms with Gasteiger partial charge in [-0.3, -0.25) is 10.1 Å². The number of hydrogen-bond donors (Lipinski definition) is 2. The van der Waals surface area contributed by atoms with E-state index in [0.717, 1.165) is 23.5 Å². The summed E-state index contributed by atoms with van der Waals surface area (Å²) in [5, 5.41) is 4.21. The molecule has 3 rings (SSSR count). The number of aromatic nitrogens is 2. The van der Waals surface area contributed by atoms with Crippen LogP contribution < -0.4 is 5.32 Å². The Hall–Kier alpha value is -3.07. The van der Waals surface area contributed by atoms with Gasteiger partial charge < -0.3 is 9.72 Å². The van der Waals surface area contributed by atoms with E-state index in [0.29, 0.717) is 16.8 Å². The Morgan fingerprint density at radius 1 is 1.25 bits per heavy atom. The van der Waals surface area contributed by atoms with Gasteiger partial charge in [0, 0.05) is 11.1 Å². The number of carbonyl (C=O) groups is 2. The number of nitrogens with one attached hydrogen (secondary N) is 2. The third kappa shape index (κ3) is 3.65. The fraction of sp³-hybridized carbons (Fsp3) is 0.211. The first-order valence-electron chi connectivity index (χ1n) is 8.41. The fourth-order valence-electron chi connectivity index (χ4n) is 2.83. The zero-order chi connectivity index (χ0) is 20.4. The molecule has 0 radical (unpaired) electrons. The Morgan fingerprint density at radius 2 is 1.93 bits per heavy atom. The van der Waals surface area contributed by atoms with Gasteiger partial charge in [0.15, 0.2) is 5.13 Å². The number of rotatable bonds is 5. The van der Waals surface area contributed by atoms with Gasteiger partial charge in [-0.15, -0.1) is 11.3 Å². The van der Waals surface area contributed by atoms with E-state index in [9.17, 15) is 18.4 Å². The minimum atomic E-state index is -0.738. The molecular weight excluding hydrogens is 388 g/mol. The molecule has 0 saturated carbocycles. The number of nitrogens with zero attached hydrogens (tertiary/aromatic N) is 1. The zero-order valence-electron chi connectivity index (χ0n) is 15.4. The number of anilines is 1. The van der Waals surface area contributed by atoms with Crippen molar-refractivity contribution in [2.45, 2.75) is 20.8 Å². The number of aryl methyl sites for hydroxylation is 1. The van der Waals surface area contributed by atoms with Crippen molar-refractivity contribution in [2.24, 2.45) is 0 Å². The molecule has 1 aromatic carbocycles. The van der Waals surface area contributed by atoms with Gasteiger partial charge in [0.1, 0.15) is 17.3 Å². The highest BCUT2D eigenvalue weighted by molar-refractivity contribution is 7.14. The molecule has 0 unspecified atom stereocenters. The number of H-pyrrole nitrogens is 1. The fourth-order valence-corrected chi connectivity index (χ4v) is 3.53. The molecule has 2 N–H and O–H groups in total. The molecule has 28 heavy (non-hydrogen) atoms. The van der Waals surface area contributed by atoms with Gasteiger partial charge in [0.05, 0.1) is 23.4 Å². The summed E-state index contributed by atoms with van der Waals surface area (Å²) in [7, 11) is 0. The first kappa shape index (κ1) is 19.7. The molecule has 1 amide bonds. The van der Waals surface area contributed by atoms with E-state index in [2.05, 4.69) is 15.3 Å². The van der Waals surface area contributed by atoms with Crippen LogP contribution in [0.4, 0.5) is 13.9 Å². The molecule has 0 fully saturated rings. The predicted octanol–water partition coefficient (Wildman–Crippen LogP) is 4.46. The van der Waals surface area contributed by atoms with E-state index >= 15 is 0 Å². The van der Waals surface area contributed by atoms with Gasteiger partial charge >= 0.3 is 5.97 Å². The lowest BCUT2D eigenvalue weighted by Crippen LogP contribution is -2.14. The summed E-state index contributed by atoms with van der Waals surface area (Å²) < 4.78 is 32.8. The molecule has 0 spiro atoms. The monoisotopic (exact) mass is 405 g/mol. The van der Waals surface area contributed by atoms with Gasteiger partial charge in [0.25, 0.3) is 5.91 Å². The molecule has 2 heterocycles. The molecule has 0 atom stereocenters. The maximum absolute atomic E-state index is 13.9. The van der Waals surface area contributed by atoms with E-state index in [-0.39, 0.29) is 28.7 Å². The minimum absolute atomic E-state index is 0.0856. The molecule has 0 aliphatic carbocycles. The van der Waals surface area contributed by atoms with E-state index in [1.807, 2.05) is 0 Å². The number of thiazole rings is 1. The Kier molecular flexibility index (Phi) is 5.55. The van der Waals surface area contributed by atoms with Crippen molar-refractivity contribution >= 4 is 28.3 Å². The third-order valence-electron chi connectivity index (χ3n) is 4.09. The molecule has 3 aromatic rings. The number of esters is 1. The first-order chi connectivity index (χ1) is 13.3. The van der Waals surface area contributed by atoms with Crippen LogP contribution in [0.1, 0.15) is 39.0 Å².